The van der Waals surface area contributed by atoms with Gasteiger partial charge < -0.3 is 15.2 Å². The summed E-state index contributed by atoms with van der Waals surface area (Å²) < 4.78 is 5.20. The first-order valence-corrected chi connectivity index (χ1v) is 3.73. The number of rotatable bonds is 1. The maximum absolute atomic E-state index is 10.4. The average molecular weight is 159 g/mol. The molecule has 4 heteroatoms. The third kappa shape index (κ3) is 1.91. The smallest absolute Gasteiger partial charge is 0.334 e. The van der Waals surface area contributed by atoms with E-state index in [1.165, 1.54) is 0 Å². The zero-order chi connectivity index (χ0) is 8.43. The van der Waals surface area contributed by atoms with Gasteiger partial charge in [-0.2, -0.15) is 0 Å². The van der Waals surface area contributed by atoms with Crippen molar-refractivity contribution in [3.05, 3.63) is 0 Å². The molecule has 0 aromatic heterocycles. The summed E-state index contributed by atoms with van der Waals surface area (Å²) >= 11 is 0. The highest BCUT2D eigenvalue weighted by atomic mass is 16.5. The lowest BCUT2D eigenvalue weighted by molar-refractivity contribution is -0.158. The van der Waals surface area contributed by atoms with Crippen molar-refractivity contribution in [2.24, 2.45) is 0 Å². The predicted molar refractivity (Wildman–Crippen MR) is 39.4 cm³/mol. The lowest BCUT2D eigenvalue weighted by atomic mass is 10.1. The SMILES string of the molecule is C[C@H]1NCC(C(=O)O)O[C@@H]1C. The van der Waals surface area contributed by atoms with Gasteiger partial charge in [0.2, 0.25) is 0 Å². The normalized spacial score (nSPS) is 38.5. The topological polar surface area (TPSA) is 58.6 Å². The molecule has 1 aliphatic rings. The fourth-order valence-electron chi connectivity index (χ4n) is 1.03. The Morgan fingerprint density at radius 1 is 1.64 bits per heavy atom. The van der Waals surface area contributed by atoms with Crippen LogP contribution in [0, 0.1) is 0 Å². The number of aliphatic carboxylic acids is 1. The van der Waals surface area contributed by atoms with Gasteiger partial charge in [0.25, 0.3) is 0 Å². The Bertz CT molecular complexity index is 160. The van der Waals surface area contributed by atoms with Gasteiger partial charge in [0.15, 0.2) is 6.10 Å². The van der Waals surface area contributed by atoms with Crippen molar-refractivity contribution in [3.8, 4) is 0 Å². The largest absolute Gasteiger partial charge is 0.479 e. The highest BCUT2D eigenvalue weighted by Gasteiger charge is 2.28. The molecule has 3 atom stereocenters. The molecule has 0 saturated carbocycles. The summed E-state index contributed by atoms with van der Waals surface area (Å²) in [5, 5.41) is 11.6. The second-order valence-electron chi connectivity index (χ2n) is 2.87. The molecule has 0 aromatic carbocycles. The number of carboxylic acid groups (broad SMARTS) is 1. The van der Waals surface area contributed by atoms with Crippen LogP contribution in [0.1, 0.15) is 13.8 Å². The molecule has 0 bridgehead atoms. The van der Waals surface area contributed by atoms with Crippen LogP contribution < -0.4 is 5.32 Å². The van der Waals surface area contributed by atoms with E-state index in [1.54, 1.807) is 0 Å². The fraction of sp³-hybridized carbons (Fsp3) is 0.857. The van der Waals surface area contributed by atoms with Gasteiger partial charge in [0.05, 0.1) is 6.10 Å². The van der Waals surface area contributed by atoms with Crippen LogP contribution in [0.25, 0.3) is 0 Å². The van der Waals surface area contributed by atoms with Crippen LogP contribution in [0.5, 0.6) is 0 Å². The molecule has 1 fully saturated rings. The summed E-state index contributed by atoms with van der Waals surface area (Å²) in [6, 6.07) is 0.241. The average Bonchev–Trinajstić information content (AvgIpc) is 1.94. The van der Waals surface area contributed by atoms with Crippen LogP contribution in [0.15, 0.2) is 0 Å². The van der Waals surface area contributed by atoms with Crippen molar-refractivity contribution in [3.63, 3.8) is 0 Å². The number of hydrogen-bond acceptors (Lipinski definition) is 3. The summed E-state index contributed by atoms with van der Waals surface area (Å²) in [6.07, 6.45) is -0.703. The number of ether oxygens (including phenoxy) is 1. The monoisotopic (exact) mass is 159 g/mol. The molecule has 4 nitrogen and oxygen atoms in total. The molecule has 11 heavy (non-hydrogen) atoms. The van der Waals surface area contributed by atoms with E-state index in [0.717, 1.165) is 0 Å². The Morgan fingerprint density at radius 2 is 2.27 bits per heavy atom. The molecule has 1 heterocycles. The molecule has 0 aromatic rings. The maximum atomic E-state index is 10.4. The second-order valence-corrected chi connectivity index (χ2v) is 2.87. The molecule has 64 valence electrons. The summed E-state index contributed by atoms with van der Waals surface area (Å²) in [5.41, 5.74) is 0. The first kappa shape index (κ1) is 8.49. The third-order valence-corrected chi connectivity index (χ3v) is 1.98. The van der Waals surface area contributed by atoms with Crippen LogP contribution in [0.2, 0.25) is 0 Å². The van der Waals surface area contributed by atoms with Crippen LogP contribution in [-0.2, 0) is 9.53 Å². The Labute approximate surface area is 65.5 Å². The van der Waals surface area contributed by atoms with Gasteiger partial charge in [-0.3, -0.25) is 0 Å². The van der Waals surface area contributed by atoms with E-state index in [4.69, 9.17) is 9.84 Å². The van der Waals surface area contributed by atoms with E-state index < -0.39 is 12.1 Å². The van der Waals surface area contributed by atoms with Crippen LogP contribution in [0.3, 0.4) is 0 Å². The van der Waals surface area contributed by atoms with Crippen molar-refractivity contribution >= 4 is 5.97 Å². The van der Waals surface area contributed by atoms with Gasteiger partial charge in [-0.1, -0.05) is 0 Å². The Morgan fingerprint density at radius 3 is 2.73 bits per heavy atom. The van der Waals surface area contributed by atoms with Crippen LogP contribution >= 0.6 is 0 Å². The first-order chi connectivity index (χ1) is 5.11. The molecule has 0 radical (unpaired) electrons. The zero-order valence-electron chi connectivity index (χ0n) is 6.70. The number of morpholine rings is 1. The van der Waals surface area contributed by atoms with E-state index in [9.17, 15) is 4.79 Å². The summed E-state index contributed by atoms with van der Waals surface area (Å²) in [5.74, 6) is -0.892. The van der Waals surface area contributed by atoms with E-state index in [0.29, 0.717) is 6.54 Å². The molecular weight excluding hydrogens is 146 g/mol. The number of carbonyl (C=O) groups is 1. The quantitative estimate of drug-likeness (QED) is 0.558. The molecule has 0 spiro atoms. The fourth-order valence-corrected chi connectivity index (χ4v) is 1.03. The van der Waals surface area contributed by atoms with Gasteiger partial charge in [-0.05, 0) is 13.8 Å². The lowest BCUT2D eigenvalue weighted by Gasteiger charge is -2.31. The van der Waals surface area contributed by atoms with E-state index in [-0.39, 0.29) is 12.1 Å². The van der Waals surface area contributed by atoms with Crippen molar-refractivity contribution in [2.75, 3.05) is 6.54 Å². The molecule has 2 N–H and O–H groups in total. The van der Waals surface area contributed by atoms with Crippen molar-refractivity contribution in [1.82, 2.24) is 5.32 Å². The number of nitrogens with one attached hydrogen (secondary N) is 1. The molecule has 0 amide bonds. The minimum absolute atomic E-state index is 0.0233. The number of carboxylic acids is 1. The van der Waals surface area contributed by atoms with E-state index in [1.807, 2.05) is 13.8 Å². The zero-order valence-corrected chi connectivity index (χ0v) is 6.70. The molecule has 1 saturated heterocycles. The summed E-state index contributed by atoms with van der Waals surface area (Å²) in [7, 11) is 0. The van der Waals surface area contributed by atoms with Gasteiger partial charge in [0.1, 0.15) is 0 Å². The Hall–Kier alpha value is -0.610. The molecule has 1 rings (SSSR count). The summed E-state index contributed by atoms with van der Waals surface area (Å²) in [4.78, 5) is 10.4. The maximum Gasteiger partial charge on any atom is 0.334 e. The molecule has 1 unspecified atom stereocenters. The van der Waals surface area contributed by atoms with Crippen LogP contribution in [-0.4, -0.2) is 35.9 Å². The Balaban J connectivity index is 2.46. The molecular formula is C7H13NO3. The van der Waals surface area contributed by atoms with Gasteiger partial charge in [-0.25, -0.2) is 4.79 Å². The van der Waals surface area contributed by atoms with Gasteiger partial charge in [0, 0.05) is 12.6 Å². The standard InChI is InChI=1S/C7H13NO3/c1-4-5(2)11-6(3-8-4)7(9)10/h4-6,8H,3H2,1-2H3,(H,9,10)/t4-,5-,6?/m1/s1. The highest BCUT2D eigenvalue weighted by Crippen LogP contribution is 2.08. The highest BCUT2D eigenvalue weighted by molar-refractivity contribution is 5.72. The second kappa shape index (κ2) is 3.19. The van der Waals surface area contributed by atoms with Crippen molar-refractivity contribution in [2.45, 2.75) is 32.1 Å². The molecule has 1 aliphatic heterocycles. The van der Waals surface area contributed by atoms with Crippen molar-refractivity contribution < 1.29 is 14.6 Å². The Kier molecular flexibility index (Phi) is 2.46. The molecule has 0 aliphatic carbocycles. The first-order valence-electron chi connectivity index (χ1n) is 3.73. The lowest BCUT2D eigenvalue weighted by Crippen LogP contribution is -2.52. The third-order valence-electron chi connectivity index (χ3n) is 1.98. The minimum Gasteiger partial charge on any atom is -0.479 e. The van der Waals surface area contributed by atoms with Gasteiger partial charge >= 0.3 is 5.97 Å². The predicted octanol–water partition coefficient (Wildman–Crippen LogP) is -0.164. The minimum atomic E-state index is -0.892. The van der Waals surface area contributed by atoms with Crippen LogP contribution in [0.4, 0.5) is 0 Å². The van der Waals surface area contributed by atoms with Crippen molar-refractivity contribution in [1.29, 1.82) is 0 Å². The van der Waals surface area contributed by atoms with E-state index >= 15 is 0 Å². The van der Waals surface area contributed by atoms with E-state index in [2.05, 4.69) is 5.32 Å². The van der Waals surface area contributed by atoms with Gasteiger partial charge in [-0.15, -0.1) is 0 Å². The summed E-state index contributed by atoms with van der Waals surface area (Å²) in [6.45, 7) is 4.25. The number of hydrogen-bond donors (Lipinski definition) is 2.